The molecule has 64 valence electrons. The lowest BCUT2D eigenvalue weighted by Gasteiger charge is -2.09. The van der Waals surface area contributed by atoms with Crippen molar-refractivity contribution in [1.29, 1.82) is 0 Å². The van der Waals surface area contributed by atoms with Crippen LogP contribution in [0.15, 0.2) is 17.2 Å². The first kappa shape index (κ1) is 8.36. The van der Waals surface area contributed by atoms with E-state index < -0.39 is 6.16 Å². The van der Waals surface area contributed by atoms with E-state index in [0.29, 0.717) is 0 Å². The largest absolute Gasteiger partial charge is 0.520 e. The van der Waals surface area contributed by atoms with Gasteiger partial charge in [0.05, 0.1) is 0 Å². The normalized spacial score (nSPS) is 15.2. The van der Waals surface area contributed by atoms with Crippen LogP contribution < -0.4 is 0 Å². The van der Waals surface area contributed by atoms with Gasteiger partial charge in [-0.3, -0.25) is 4.79 Å². The summed E-state index contributed by atoms with van der Waals surface area (Å²) in [5.41, 5.74) is 2.57. The Kier molecular flexibility index (Phi) is 2.50. The third kappa shape index (κ3) is 2.14. The summed E-state index contributed by atoms with van der Waals surface area (Å²) in [6.45, 7) is 1.69. The third-order valence-electron chi connectivity index (χ3n) is 1.04. The maximum absolute atomic E-state index is 10.6. The van der Waals surface area contributed by atoms with Crippen LogP contribution in [0.1, 0.15) is 6.92 Å². The molecule has 12 heavy (non-hydrogen) atoms. The van der Waals surface area contributed by atoms with Crippen molar-refractivity contribution in [3.05, 3.63) is 17.2 Å². The Labute approximate surface area is 68.2 Å². The van der Waals surface area contributed by atoms with E-state index in [9.17, 15) is 9.59 Å². The molecule has 5 nitrogen and oxygen atoms in total. The average Bonchev–Trinajstić information content (AvgIpc) is 1.99. The standard InChI is InChI=1S/C7H6O5/c1-5-2-6(3-10-4-8)12-7(9)11-5/h4H,3H2,1H3. The molecule has 5 heteroatoms. The summed E-state index contributed by atoms with van der Waals surface area (Å²) in [5, 5.41) is 0. The minimum atomic E-state index is -0.837. The molecule has 0 spiro atoms. The fourth-order valence-electron chi connectivity index (χ4n) is 0.669. The minimum Gasteiger partial charge on any atom is -0.459 e. The number of carbonyl (C=O) groups excluding carboxylic acids is 2. The Morgan fingerprint density at radius 2 is 2.33 bits per heavy atom. The molecule has 1 heterocycles. The lowest BCUT2D eigenvalue weighted by molar-refractivity contribution is -0.128. The Hall–Kier alpha value is -1.74. The molecular formula is C7H6O5. The second kappa shape index (κ2) is 3.59. The zero-order valence-electron chi connectivity index (χ0n) is 6.33. The topological polar surface area (TPSA) is 61.8 Å². The molecule has 0 amide bonds. The molecule has 0 atom stereocenters. The molecule has 1 rings (SSSR count). The van der Waals surface area contributed by atoms with Gasteiger partial charge in [0.1, 0.15) is 0 Å². The summed E-state index contributed by atoms with van der Waals surface area (Å²) in [5.74, 6) is 0.423. The van der Waals surface area contributed by atoms with Crippen molar-refractivity contribution in [2.24, 2.45) is 0 Å². The zero-order chi connectivity index (χ0) is 8.97. The quantitative estimate of drug-likeness (QED) is 0.354. The fraction of sp³-hybridized carbons (Fsp3) is 0.286. The van der Waals surface area contributed by atoms with Crippen molar-refractivity contribution in [2.45, 2.75) is 6.92 Å². The van der Waals surface area contributed by atoms with Gasteiger partial charge in [-0.25, -0.2) is 4.79 Å². The molecule has 0 fully saturated rings. The number of carbonyl (C=O) groups is 2. The highest BCUT2D eigenvalue weighted by atomic mass is 16.7. The third-order valence-corrected chi connectivity index (χ3v) is 1.04. The van der Waals surface area contributed by atoms with Crippen molar-refractivity contribution >= 4 is 12.6 Å². The van der Waals surface area contributed by atoms with Gasteiger partial charge in [0, 0.05) is 6.92 Å². The maximum Gasteiger partial charge on any atom is 0.520 e. The van der Waals surface area contributed by atoms with Crippen LogP contribution in [0, 0.1) is 0 Å². The fourth-order valence-corrected chi connectivity index (χ4v) is 0.669. The van der Waals surface area contributed by atoms with Crippen LogP contribution in [0.4, 0.5) is 4.79 Å². The van der Waals surface area contributed by atoms with Crippen LogP contribution in [0.2, 0.25) is 0 Å². The summed E-state index contributed by atoms with van der Waals surface area (Å²) >= 11 is 0. The molecular weight excluding hydrogens is 164 g/mol. The van der Waals surface area contributed by atoms with Crippen LogP contribution in [0.25, 0.3) is 0 Å². The summed E-state index contributed by atoms with van der Waals surface area (Å²) < 4.78 is 13.3. The highest BCUT2D eigenvalue weighted by molar-refractivity contribution is 5.64. The number of ether oxygens (including phenoxy) is 3. The van der Waals surface area contributed by atoms with Gasteiger partial charge >= 0.3 is 6.16 Å². The Morgan fingerprint density at radius 1 is 1.58 bits per heavy atom. The SMILES string of the molecule is CC1=C=C(COC=O)OC(=O)O1. The van der Waals surface area contributed by atoms with E-state index in [0.717, 1.165) is 0 Å². The first-order chi connectivity index (χ1) is 5.72. The average molecular weight is 170 g/mol. The highest BCUT2D eigenvalue weighted by Crippen LogP contribution is 2.09. The molecule has 0 N–H and O–H groups in total. The Bertz CT molecular complexity index is 272. The first-order valence-corrected chi connectivity index (χ1v) is 3.13. The van der Waals surface area contributed by atoms with E-state index in [1.807, 2.05) is 0 Å². The Morgan fingerprint density at radius 3 is 2.92 bits per heavy atom. The van der Waals surface area contributed by atoms with E-state index in [-0.39, 0.29) is 24.6 Å². The summed E-state index contributed by atoms with van der Waals surface area (Å²) in [7, 11) is 0. The molecule has 1 aliphatic rings. The van der Waals surface area contributed by atoms with Crippen LogP contribution in [-0.4, -0.2) is 19.2 Å². The molecule has 0 aromatic carbocycles. The second-order valence-electron chi connectivity index (χ2n) is 1.97. The van der Waals surface area contributed by atoms with E-state index in [2.05, 4.69) is 19.9 Å². The van der Waals surface area contributed by atoms with E-state index in [1.54, 1.807) is 6.92 Å². The number of rotatable bonds is 3. The van der Waals surface area contributed by atoms with E-state index >= 15 is 0 Å². The molecule has 1 aliphatic heterocycles. The number of hydrogen-bond donors (Lipinski definition) is 0. The van der Waals surface area contributed by atoms with Crippen molar-refractivity contribution in [2.75, 3.05) is 6.61 Å². The lowest BCUT2D eigenvalue weighted by Crippen LogP contribution is -2.12. The molecule has 0 bridgehead atoms. The van der Waals surface area contributed by atoms with Gasteiger partial charge in [0.25, 0.3) is 6.47 Å². The zero-order valence-corrected chi connectivity index (χ0v) is 6.33. The summed E-state index contributed by atoms with van der Waals surface area (Å²) in [6.07, 6.45) is -0.837. The van der Waals surface area contributed by atoms with Gasteiger partial charge < -0.3 is 14.2 Å². The first-order valence-electron chi connectivity index (χ1n) is 3.13. The molecule has 0 saturated carbocycles. The lowest BCUT2D eigenvalue weighted by atomic mass is 10.4. The molecule has 0 radical (unpaired) electrons. The minimum absolute atomic E-state index is 0.115. The van der Waals surface area contributed by atoms with Gasteiger partial charge in [0.2, 0.25) is 0 Å². The van der Waals surface area contributed by atoms with Gasteiger partial charge in [-0.05, 0) is 5.73 Å². The summed E-state index contributed by atoms with van der Waals surface area (Å²) in [4.78, 5) is 20.3. The molecule has 0 unspecified atom stereocenters. The molecule has 0 saturated heterocycles. The predicted octanol–water partition coefficient (Wildman–Crippen LogP) is 0.713. The van der Waals surface area contributed by atoms with Crippen molar-refractivity contribution < 1.29 is 23.8 Å². The van der Waals surface area contributed by atoms with Crippen LogP contribution in [0.3, 0.4) is 0 Å². The molecule has 0 aromatic heterocycles. The second-order valence-corrected chi connectivity index (χ2v) is 1.97. The smallest absolute Gasteiger partial charge is 0.459 e. The van der Waals surface area contributed by atoms with Crippen LogP contribution in [0.5, 0.6) is 0 Å². The van der Waals surface area contributed by atoms with Crippen molar-refractivity contribution in [3.63, 3.8) is 0 Å². The van der Waals surface area contributed by atoms with Crippen LogP contribution in [-0.2, 0) is 19.0 Å². The number of hydrogen-bond acceptors (Lipinski definition) is 5. The van der Waals surface area contributed by atoms with Crippen molar-refractivity contribution in [1.82, 2.24) is 0 Å². The van der Waals surface area contributed by atoms with Gasteiger partial charge in [-0.2, -0.15) is 0 Å². The Balaban J connectivity index is 2.67. The van der Waals surface area contributed by atoms with Gasteiger partial charge in [-0.1, -0.05) is 0 Å². The van der Waals surface area contributed by atoms with Crippen LogP contribution >= 0.6 is 0 Å². The monoisotopic (exact) mass is 170 g/mol. The van der Waals surface area contributed by atoms with Gasteiger partial charge in [-0.15, -0.1) is 0 Å². The van der Waals surface area contributed by atoms with E-state index in [4.69, 9.17) is 0 Å². The molecule has 0 aliphatic carbocycles. The number of cyclic esters (lactones) is 2. The molecule has 0 aromatic rings. The highest BCUT2D eigenvalue weighted by Gasteiger charge is 2.14. The summed E-state index contributed by atoms with van der Waals surface area (Å²) in [6, 6.07) is 0. The van der Waals surface area contributed by atoms with Crippen molar-refractivity contribution in [3.8, 4) is 0 Å². The van der Waals surface area contributed by atoms with E-state index in [1.165, 1.54) is 0 Å². The maximum atomic E-state index is 10.6. The predicted molar refractivity (Wildman–Crippen MR) is 35.8 cm³/mol. The van der Waals surface area contributed by atoms with Gasteiger partial charge in [0.15, 0.2) is 18.1 Å².